The molecule has 22 heavy (non-hydrogen) atoms. The van der Waals surface area contributed by atoms with Crippen LogP contribution in [0.2, 0.25) is 0 Å². The highest BCUT2D eigenvalue weighted by Crippen LogP contribution is 2.28. The Morgan fingerprint density at radius 1 is 1.05 bits per heavy atom. The van der Waals surface area contributed by atoms with Crippen LogP contribution >= 0.6 is 0 Å². The van der Waals surface area contributed by atoms with Crippen LogP contribution in [-0.4, -0.2) is 23.3 Å². The average molecular weight is 303 g/mol. The molecule has 0 bridgehead atoms. The van der Waals surface area contributed by atoms with Gasteiger partial charge in [-0.15, -0.1) is 10.1 Å². The Morgan fingerprint density at radius 3 is 2.32 bits per heavy atom. The second kappa shape index (κ2) is 6.98. The number of hydrogen-bond donors (Lipinski definition) is 0. The van der Waals surface area contributed by atoms with Crippen LogP contribution in [-0.2, 0) is 4.84 Å². The highest BCUT2D eigenvalue weighted by molar-refractivity contribution is 6.26. The molecule has 0 aliphatic heterocycles. The largest absolute Gasteiger partial charge is 0.314 e. The Hall–Kier alpha value is -2.50. The van der Waals surface area contributed by atoms with Crippen molar-refractivity contribution in [1.82, 2.24) is 0 Å². The first-order chi connectivity index (χ1) is 10.5. The van der Waals surface area contributed by atoms with Gasteiger partial charge in [-0.25, -0.2) is 0 Å². The Bertz CT molecular complexity index is 648. The third-order valence-corrected chi connectivity index (χ3v) is 3.75. The van der Waals surface area contributed by atoms with E-state index >= 15 is 0 Å². The van der Waals surface area contributed by atoms with E-state index in [0.29, 0.717) is 48.0 Å². The van der Waals surface area contributed by atoms with E-state index in [4.69, 9.17) is 0 Å². The number of carbonyl (C=O) groups is 2. The van der Waals surface area contributed by atoms with Gasteiger partial charge in [0.05, 0.1) is 6.61 Å². The number of allylic oxidation sites excluding steroid dienone is 2. The molecule has 0 saturated heterocycles. The van der Waals surface area contributed by atoms with Crippen molar-refractivity contribution in [3.8, 4) is 0 Å². The van der Waals surface area contributed by atoms with E-state index in [1.807, 2.05) is 0 Å². The second-order valence-electron chi connectivity index (χ2n) is 5.17. The molecule has 0 aromatic heterocycles. The number of ketones is 2. The van der Waals surface area contributed by atoms with Crippen molar-refractivity contribution in [3.05, 3.63) is 56.7 Å². The summed E-state index contributed by atoms with van der Waals surface area (Å²) >= 11 is 0. The lowest BCUT2D eigenvalue weighted by molar-refractivity contribution is -0.757. The van der Waals surface area contributed by atoms with Crippen LogP contribution in [0, 0.1) is 10.1 Å². The molecule has 6 heteroatoms. The van der Waals surface area contributed by atoms with Gasteiger partial charge in [0.15, 0.2) is 11.6 Å². The first-order valence-electron chi connectivity index (χ1n) is 7.18. The lowest BCUT2D eigenvalue weighted by atomic mass is 9.83. The molecule has 0 heterocycles. The van der Waals surface area contributed by atoms with Gasteiger partial charge in [0.2, 0.25) is 0 Å². The maximum absolute atomic E-state index is 12.5. The predicted molar refractivity (Wildman–Crippen MR) is 79.2 cm³/mol. The molecule has 2 rings (SSSR count). The molecular weight excluding hydrogens is 286 g/mol. The van der Waals surface area contributed by atoms with Crippen molar-refractivity contribution >= 4 is 11.6 Å². The summed E-state index contributed by atoms with van der Waals surface area (Å²) in [6.45, 7) is 1.74. The molecule has 6 nitrogen and oxygen atoms in total. The zero-order chi connectivity index (χ0) is 16.1. The molecule has 0 atom stereocenters. The van der Waals surface area contributed by atoms with E-state index < -0.39 is 5.09 Å². The molecule has 0 amide bonds. The molecular formula is C16H17NO5. The molecule has 116 valence electrons. The fraction of sp³-hybridized carbons (Fsp3) is 0.375. The van der Waals surface area contributed by atoms with Crippen molar-refractivity contribution in [3.63, 3.8) is 0 Å². The van der Waals surface area contributed by atoms with Gasteiger partial charge in [0, 0.05) is 22.3 Å². The van der Waals surface area contributed by atoms with Crippen LogP contribution < -0.4 is 0 Å². The fourth-order valence-electron chi connectivity index (χ4n) is 2.57. The van der Waals surface area contributed by atoms with Gasteiger partial charge in [-0.2, -0.15) is 0 Å². The number of rotatable bonds is 7. The number of unbranched alkanes of at least 4 members (excludes halogenated alkanes) is 2. The van der Waals surface area contributed by atoms with E-state index in [-0.39, 0.29) is 18.2 Å². The van der Waals surface area contributed by atoms with Crippen LogP contribution in [0.3, 0.4) is 0 Å². The quantitative estimate of drug-likeness (QED) is 0.438. The summed E-state index contributed by atoms with van der Waals surface area (Å²) in [5.74, 6) is -0.184. The fourth-order valence-corrected chi connectivity index (χ4v) is 2.57. The maximum atomic E-state index is 12.5. The highest BCUT2D eigenvalue weighted by Gasteiger charge is 2.28. The second-order valence-corrected chi connectivity index (χ2v) is 5.17. The first kappa shape index (κ1) is 15.9. The predicted octanol–water partition coefficient (Wildman–Crippen LogP) is 3.15. The van der Waals surface area contributed by atoms with Gasteiger partial charge in [-0.3, -0.25) is 9.59 Å². The summed E-state index contributed by atoms with van der Waals surface area (Å²) in [6, 6.07) is 6.84. The Morgan fingerprint density at radius 2 is 1.68 bits per heavy atom. The molecule has 0 saturated carbocycles. The van der Waals surface area contributed by atoms with Gasteiger partial charge >= 0.3 is 0 Å². The van der Waals surface area contributed by atoms with Crippen LogP contribution in [0.4, 0.5) is 0 Å². The van der Waals surface area contributed by atoms with Crippen molar-refractivity contribution in [2.24, 2.45) is 0 Å². The number of benzene rings is 1. The van der Waals surface area contributed by atoms with E-state index in [0.717, 1.165) is 0 Å². The highest BCUT2D eigenvalue weighted by atomic mass is 16.9. The lowest BCUT2D eigenvalue weighted by Gasteiger charge is -2.18. The Labute approximate surface area is 127 Å². The van der Waals surface area contributed by atoms with Crippen molar-refractivity contribution in [2.75, 3.05) is 6.61 Å². The average Bonchev–Trinajstić information content (AvgIpc) is 2.51. The van der Waals surface area contributed by atoms with Crippen LogP contribution in [0.15, 0.2) is 35.4 Å². The Balaban J connectivity index is 1.96. The number of nitrogens with zero attached hydrogens (tertiary/aromatic N) is 1. The topological polar surface area (TPSA) is 86.5 Å². The summed E-state index contributed by atoms with van der Waals surface area (Å²) in [6.07, 6.45) is 2.44. The van der Waals surface area contributed by atoms with E-state index in [1.165, 1.54) is 0 Å². The van der Waals surface area contributed by atoms with Gasteiger partial charge < -0.3 is 4.84 Å². The molecule has 1 aliphatic carbocycles. The van der Waals surface area contributed by atoms with Gasteiger partial charge in [0.1, 0.15) is 0 Å². The summed E-state index contributed by atoms with van der Waals surface area (Å²) in [5, 5.41) is 9.20. The minimum Gasteiger partial charge on any atom is -0.314 e. The third kappa shape index (κ3) is 3.39. The van der Waals surface area contributed by atoms with Gasteiger partial charge in [-0.05, 0) is 26.2 Å². The van der Waals surface area contributed by atoms with Crippen LogP contribution in [0.1, 0.15) is 53.3 Å². The minimum absolute atomic E-state index is 0.0563. The molecule has 1 aliphatic rings. The van der Waals surface area contributed by atoms with Crippen molar-refractivity contribution < 1.29 is 19.5 Å². The number of Topliss-reactive ketones (excluding diaryl/α,β-unsaturated/α-hetero) is 2. The summed E-state index contributed by atoms with van der Waals surface area (Å²) in [7, 11) is 0. The number of carbonyl (C=O) groups excluding carboxylic acids is 2. The first-order valence-corrected chi connectivity index (χ1v) is 7.18. The normalized spacial score (nSPS) is 14.0. The zero-order valence-corrected chi connectivity index (χ0v) is 12.3. The monoisotopic (exact) mass is 303 g/mol. The summed E-state index contributed by atoms with van der Waals surface area (Å²) in [4.78, 5) is 39.0. The minimum atomic E-state index is -0.813. The third-order valence-electron chi connectivity index (χ3n) is 3.75. The van der Waals surface area contributed by atoms with Gasteiger partial charge in [0.25, 0.3) is 5.09 Å². The zero-order valence-electron chi connectivity index (χ0n) is 12.3. The van der Waals surface area contributed by atoms with Crippen molar-refractivity contribution in [1.29, 1.82) is 0 Å². The molecule has 1 aromatic carbocycles. The van der Waals surface area contributed by atoms with Crippen LogP contribution in [0.25, 0.3) is 0 Å². The molecule has 0 N–H and O–H groups in total. The van der Waals surface area contributed by atoms with Gasteiger partial charge in [-0.1, -0.05) is 30.7 Å². The molecule has 1 aromatic rings. The van der Waals surface area contributed by atoms with E-state index in [2.05, 4.69) is 4.84 Å². The molecule has 0 radical (unpaired) electrons. The maximum Gasteiger partial charge on any atom is 0.294 e. The van der Waals surface area contributed by atoms with E-state index in [1.54, 1.807) is 31.2 Å². The number of fused-ring (bicyclic) bond motifs is 1. The smallest absolute Gasteiger partial charge is 0.294 e. The summed E-state index contributed by atoms with van der Waals surface area (Å²) in [5.41, 5.74) is 1.99. The number of hydrogen-bond acceptors (Lipinski definition) is 5. The molecule has 0 spiro atoms. The van der Waals surface area contributed by atoms with Crippen molar-refractivity contribution in [2.45, 2.75) is 32.6 Å². The van der Waals surface area contributed by atoms with E-state index in [9.17, 15) is 19.7 Å². The Kier molecular flexibility index (Phi) is 5.04. The lowest BCUT2D eigenvalue weighted by Crippen LogP contribution is -2.20. The standard InChI is InChI=1S/C16H17NO5/c1-11-12(7-3-2-6-10-22-17(20)21)16(19)14-9-5-4-8-13(14)15(11)18/h4-5,8-9H,2-3,6-7,10H2,1H3. The van der Waals surface area contributed by atoms with Crippen LogP contribution in [0.5, 0.6) is 0 Å². The molecule has 0 fully saturated rings. The molecule has 0 unspecified atom stereocenters. The summed E-state index contributed by atoms with van der Waals surface area (Å²) < 4.78 is 0. The SMILES string of the molecule is CC1=C(CCCCCO[N+](=O)[O-])C(=O)c2ccccc2C1=O.